The molecule has 0 fully saturated rings. The molecule has 0 aliphatic carbocycles. The summed E-state index contributed by atoms with van der Waals surface area (Å²) < 4.78 is 0. The first kappa shape index (κ1) is 27.5. The monoisotopic (exact) mass is 505 g/mol. The first-order chi connectivity index (χ1) is 17.7. The molecule has 4 atom stereocenters. The number of nitrogens with two attached hydrogens (primary N) is 2. The van der Waals surface area contributed by atoms with Crippen LogP contribution < -0.4 is 22.1 Å². The average molecular weight is 506 g/mol. The van der Waals surface area contributed by atoms with Gasteiger partial charge in [0.2, 0.25) is 11.8 Å². The Balaban J connectivity index is 1.63. The quantitative estimate of drug-likeness (QED) is 0.182. The highest BCUT2D eigenvalue weighted by Gasteiger charge is 2.26. The minimum absolute atomic E-state index is 0.0891. The summed E-state index contributed by atoms with van der Waals surface area (Å²) in [6.07, 6.45) is -0.613. The number of nitro groups is 1. The van der Waals surface area contributed by atoms with E-state index in [4.69, 9.17) is 11.5 Å². The van der Waals surface area contributed by atoms with E-state index < -0.39 is 41.0 Å². The fourth-order valence-corrected chi connectivity index (χ4v) is 3.79. The Kier molecular flexibility index (Phi) is 9.84. The lowest BCUT2D eigenvalue weighted by Crippen LogP contribution is -2.54. The highest BCUT2D eigenvalue weighted by molar-refractivity contribution is 5.90. The predicted octanol–water partition coefficient (Wildman–Crippen LogP) is 1.37. The Labute approximate surface area is 214 Å². The Morgan fingerprint density at radius 2 is 1.38 bits per heavy atom. The minimum atomic E-state index is -1.16. The lowest BCUT2D eigenvalue weighted by atomic mass is 10.0. The lowest BCUT2D eigenvalue weighted by Gasteiger charge is -2.23. The van der Waals surface area contributed by atoms with Crippen LogP contribution in [0.15, 0.2) is 84.9 Å². The van der Waals surface area contributed by atoms with Crippen LogP contribution in [0, 0.1) is 10.1 Å². The van der Waals surface area contributed by atoms with Crippen molar-refractivity contribution in [3.05, 3.63) is 112 Å². The number of aliphatic hydroxyl groups excluding tert-OH is 1. The summed E-state index contributed by atoms with van der Waals surface area (Å²) in [4.78, 5) is 36.2. The molecule has 0 spiro atoms. The first-order valence-electron chi connectivity index (χ1n) is 11.8. The minimum Gasteiger partial charge on any atom is -0.387 e. The molecule has 0 aliphatic rings. The van der Waals surface area contributed by atoms with Gasteiger partial charge in [0.25, 0.3) is 5.69 Å². The number of hydrogen-bond acceptors (Lipinski definition) is 7. The number of nitro benzene ring substituents is 1. The van der Waals surface area contributed by atoms with Gasteiger partial charge in [0, 0.05) is 25.1 Å². The Morgan fingerprint density at radius 1 is 0.838 bits per heavy atom. The van der Waals surface area contributed by atoms with Gasteiger partial charge in [0.1, 0.15) is 6.04 Å². The zero-order valence-corrected chi connectivity index (χ0v) is 20.2. The number of carbonyl (C=O) groups excluding carboxylic acids is 2. The van der Waals surface area contributed by atoms with Crippen LogP contribution >= 0.6 is 0 Å². The summed E-state index contributed by atoms with van der Waals surface area (Å²) in [5.41, 5.74) is 14.2. The van der Waals surface area contributed by atoms with Gasteiger partial charge >= 0.3 is 0 Å². The van der Waals surface area contributed by atoms with Crippen molar-refractivity contribution in [1.29, 1.82) is 0 Å². The fourth-order valence-electron chi connectivity index (χ4n) is 3.79. The summed E-state index contributed by atoms with van der Waals surface area (Å²) in [7, 11) is 0. The van der Waals surface area contributed by atoms with Crippen molar-refractivity contribution in [2.45, 2.75) is 37.1 Å². The number of benzene rings is 3. The van der Waals surface area contributed by atoms with E-state index in [2.05, 4.69) is 10.6 Å². The molecule has 0 saturated heterocycles. The van der Waals surface area contributed by atoms with Gasteiger partial charge in [-0.25, -0.2) is 0 Å². The van der Waals surface area contributed by atoms with E-state index in [0.717, 1.165) is 11.1 Å². The standard InChI is InChI=1S/C27H31N5O5/c28-22(15-18-7-3-1-4-8-18)26(34)31-24(16-19-9-5-2-6-10-19)27(35)30-17-23(29)25(33)20-11-13-21(14-12-20)32(36)37/h1-14,22-25,33H,15-17,28-29H2,(H,30,35)(H,31,34)/t22-,23-,24-,25-/m0/s1. The van der Waals surface area contributed by atoms with Crippen molar-refractivity contribution in [3.63, 3.8) is 0 Å². The van der Waals surface area contributed by atoms with E-state index in [0.29, 0.717) is 12.0 Å². The summed E-state index contributed by atoms with van der Waals surface area (Å²) in [5, 5.41) is 26.8. The van der Waals surface area contributed by atoms with E-state index in [1.54, 1.807) is 0 Å². The molecular weight excluding hydrogens is 474 g/mol. The second kappa shape index (κ2) is 13.3. The third-order valence-electron chi connectivity index (χ3n) is 5.91. The van der Waals surface area contributed by atoms with Gasteiger partial charge in [-0.3, -0.25) is 19.7 Å². The molecule has 10 nitrogen and oxygen atoms in total. The SMILES string of the molecule is N[C@@H](Cc1ccccc1)C(=O)N[C@@H](Cc1ccccc1)C(=O)NC[C@H](N)[C@@H](O)c1ccc([N+](=O)[O-])cc1. The van der Waals surface area contributed by atoms with E-state index in [9.17, 15) is 24.8 Å². The maximum atomic E-state index is 13.1. The van der Waals surface area contributed by atoms with Crippen LogP contribution in [-0.2, 0) is 22.4 Å². The van der Waals surface area contributed by atoms with Crippen LogP contribution in [0.5, 0.6) is 0 Å². The van der Waals surface area contributed by atoms with Gasteiger partial charge in [-0.05, 0) is 35.2 Å². The van der Waals surface area contributed by atoms with Crippen LogP contribution in [0.2, 0.25) is 0 Å². The first-order valence-corrected chi connectivity index (χ1v) is 11.8. The molecular formula is C27H31N5O5. The highest BCUT2D eigenvalue weighted by atomic mass is 16.6. The molecule has 0 radical (unpaired) electrons. The molecule has 37 heavy (non-hydrogen) atoms. The van der Waals surface area contributed by atoms with Gasteiger partial charge in [-0.2, -0.15) is 0 Å². The number of carbonyl (C=O) groups is 2. The Bertz CT molecular complexity index is 1170. The smallest absolute Gasteiger partial charge is 0.269 e. The van der Waals surface area contributed by atoms with Gasteiger partial charge in [0.05, 0.1) is 23.1 Å². The second-order valence-corrected chi connectivity index (χ2v) is 8.75. The molecule has 0 aromatic heterocycles. The second-order valence-electron chi connectivity index (χ2n) is 8.75. The molecule has 10 heteroatoms. The van der Waals surface area contributed by atoms with Crippen molar-refractivity contribution >= 4 is 17.5 Å². The van der Waals surface area contributed by atoms with Gasteiger partial charge < -0.3 is 27.2 Å². The van der Waals surface area contributed by atoms with Gasteiger partial charge in [-0.15, -0.1) is 0 Å². The van der Waals surface area contributed by atoms with Crippen molar-refractivity contribution in [2.75, 3.05) is 6.54 Å². The molecule has 0 bridgehead atoms. The largest absolute Gasteiger partial charge is 0.387 e. The summed E-state index contributed by atoms with van der Waals surface area (Å²) >= 11 is 0. The third kappa shape index (κ3) is 8.21. The van der Waals surface area contributed by atoms with Crippen LogP contribution in [0.4, 0.5) is 5.69 Å². The van der Waals surface area contributed by atoms with E-state index in [1.165, 1.54) is 24.3 Å². The Hall–Kier alpha value is -4.12. The molecule has 0 heterocycles. The van der Waals surface area contributed by atoms with E-state index >= 15 is 0 Å². The molecule has 0 aliphatic heterocycles. The number of non-ortho nitro benzene ring substituents is 1. The van der Waals surface area contributed by atoms with Gasteiger partial charge in [0.15, 0.2) is 0 Å². The number of aliphatic hydroxyl groups is 1. The average Bonchev–Trinajstić information content (AvgIpc) is 2.91. The summed E-state index contributed by atoms with van der Waals surface area (Å²) in [6, 6.07) is 21.3. The van der Waals surface area contributed by atoms with E-state index in [1.807, 2.05) is 60.7 Å². The van der Waals surface area contributed by atoms with Crippen LogP contribution in [0.25, 0.3) is 0 Å². The predicted molar refractivity (Wildman–Crippen MR) is 139 cm³/mol. The van der Waals surface area contributed by atoms with E-state index in [-0.39, 0.29) is 18.7 Å². The molecule has 0 unspecified atom stereocenters. The summed E-state index contributed by atoms with van der Waals surface area (Å²) in [5.74, 6) is -0.939. The number of nitrogens with zero attached hydrogens (tertiary/aromatic N) is 1. The maximum absolute atomic E-state index is 13.1. The number of amides is 2. The Morgan fingerprint density at radius 3 is 1.92 bits per heavy atom. The van der Waals surface area contributed by atoms with Crippen molar-refractivity contribution < 1.29 is 19.6 Å². The molecule has 194 valence electrons. The zero-order chi connectivity index (χ0) is 26.8. The van der Waals surface area contributed by atoms with Crippen LogP contribution in [0.3, 0.4) is 0 Å². The molecule has 3 aromatic carbocycles. The zero-order valence-electron chi connectivity index (χ0n) is 20.2. The number of rotatable bonds is 12. The molecule has 2 amide bonds. The normalized spacial score (nSPS) is 14.1. The van der Waals surface area contributed by atoms with Crippen LogP contribution in [0.1, 0.15) is 22.8 Å². The van der Waals surface area contributed by atoms with Crippen LogP contribution in [-0.4, -0.2) is 46.5 Å². The van der Waals surface area contributed by atoms with Gasteiger partial charge in [-0.1, -0.05) is 60.7 Å². The number of nitrogens with one attached hydrogen (secondary N) is 2. The lowest BCUT2D eigenvalue weighted by molar-refractivity contribution is -0.384. The summed E-state index contributed by atoms with van der Waals surface area (Å²) in [6.45, 7) is -0.0891. The number of hydrogen-bond donors (Lipinski definition) is 5. The topological polar surface area (TPSA) is 174 Å². The van der Waals surface area contributed by atoms with Crippen molar-refractivity contribution in [2.24, 2.45) is 11.5 Å². The molecule has 3 aromatic rings. The van der Waals surface area contributed by atoms with Crippen molar-refractivity contribution in [3.8, 4) is 0 Å². The molecule has 3 rings (SSSR count). The maximum Gasteiger partial charge on any atom is 0.269 e. The highest BCUT2D eigenvalue weighted by Crippen LogP contribution is 2.19. The molecule has 7 N–H and O–H groups in total. The molecule has 0 saturated carbocycles. The third-order valence-corrected chi connectivity index (χ3v) is 5.91. The fraction of sp³-hybridized carbons (Fsp3) is 0.259. The van der Waals surface area contributed by atoms with Crippen molar-refractivity contribution in [1.82, 2.24) is 10.6 Å².